The van der Waals surface area contributed by atoms with Gasteiger partial charge in [-0.25, -0.2) is 0 Å². The van der Waals surface area contributed by atoms with Crippen molar-refractivity contribution in [2.75, 3.05) is 54.5 Å². The van der Waals surface area contributed by atoms with Gasteiger partial charge in [0.1, 0.15) is 13.2 Å². The van der Waals surface area contributed by atoms with Gasteiger partial charge in [0.2, 0.25) is 5.91 Å². The van der Waals surface area contributed by atoms with E-state index in [4.69, 9.17) is 9.05 Å². The van der Waals surface area contributed by atoms with Crippen LogP contribution in [0.25, 0.3) is 0 Å². The average molecular weight is 640 g/mol. The van der Waals surface area contributed by atoms with E-state index < -0.39 is 7.82 Å². The highest BCUT2D eigenvalue weighted by Gasteiger charge is 2.13. The standard InChI is InChI=1S/C34H62N3O6P/c1-35-33(38)26-27-36-34(39)32-24-22-31(23-25-32)21-19-17-15-13-11-9-7-5-6-8-10-12-14-16-18-20-29-42-44(40,41)43-30-28-37(2,3)4/h22-25H,5-21,26-30H2,1-4H3,(H2-,35,36,38,39,40,41). The van der Waals surface area contributed by atoms with Crippen molar-refractivity contribution in [2.45, 2.75) is 116 Å². The number of amides is 2. The minimum absolute atomic E-state index is 0.0802. The van der Waals surface area contributed by atoms with E-state index in [0.717, 1.165) is 25.7 Å². The van der Waals surface area contributed by atoms with Crippen LogP contribution in [0.15, 0.2) is 24.3 Å². The molecule has 0 aliphatic rings. The fraction of sp³-hybridized carbons (Fsp3) is 0.765. The molecule has 2 amide bonds. The lowest BCUT2D eigenvalue weighted by atomic mass is 10.0. The van der Waals surface area contributed by atoms with Crippen LogP contribution in [0, 0.1) is 0 Å². The van der Waals surface area contributed by atoms with E-state index in [1.807, 2.05) is 45.4 Å². The molecule has 0 saturated heterocycles. The minimum atomic E-state index is -4.17. The minimum Gasteiger partial charge on any atom is -0.756 e. The fourth-order valence-electron chi connectivity index (χ4n) is 4.89. The summed E-state index contributed by atoms with van der Waals surface area (Å²) >= 11 is 0. The van der Waals surface area contributed by atoms with Gasteiger partial charge in [-0.15, -0.1) is 0 Å². The van der Waals surface area contributed by atoms with Crippen LogP contribution in [0.2, 0.25) is 0 Å². The van der Waals surface area contributed by atoms with Gasteiger partial charge in [0.25, 0.3) is 13.7 Å². The Labute approximate surface area is 268 Å². The average Bonchev–Trinajstić information content (AvgIpc) is 2.97. The Morgan fingerprint density at radius 1 is 0.727 bits per heavy atom. The molecule has 9 nitrogen and oxygen atoms in total. The van der Waals surface area contributed by atoms with Crippen LogP contribution in [0.1, 0.15) is 125 Å². The molecular weight excluding hydrogens is 577 g/mol. The molecule has 0 heterocycles. The van der Waals surface area contributed by atoms with E-state index in [1.165, 1.54) is 89.0 Å². The molecule has 254 valence electrons. The molecule has 1 aromatic rings. The van der Waals surface area contributed by atoms with Crippen LogP contribution in [-0.2, 0) is 24.8 Å². The Kier molecular flexibility index (Phi) is 22.4. The Balaban J connectivity index is 1.86. The molecule has 1 atom stereocenters. The molecule has 1 unspecified atom stereocenters. The molecule has 0 aromatic heterocycles. The molecule has 0 bridgehead atoms. The SMILES string of the molecule is CNC(=O)CCNC(=O)c1ccc(CCCCCCCCCCCCCCCCCCOP(=O)([O-])OCC[N+](C)(C)C)cc1. The number of likely N-dealkylation sites (N-methyl/N-ethyl adjacent to an activating group) is 1. The first-order valence-electron chi connectivity index (χ1n) is 17.0. The number of carbonyl (C=O) groups excluding carboxylic acids is 2. The summed E-state index contributed by atoms with van der Waals surface area (Å²) in [4.78, 5) is 35.2. The highest BCUT2D eigenvalue weighted by atomic mass is 31.2. The maximum atomic E-state index is 12.2. The molecule has 2 N–H and O–H groups in total. The molecule has 0 fully saturated rings. The monoisotopic (exact) mass is 639 g/mol. The van der Waals surface area contributed by atoms with E-state index in [-0.39, 0.29) is 31.4 Å². The van der Waals surface area contributed by atoms with Crippen LogP contribution >= 0.6 is 7.82 Å². The number of benzene rings is 1. The quantitative estimate of drug-likeness (QED) is 0.0611. The first-order chi connectivity index (χ1) is 21.0. The van der Waals surface area contributed by atoms with Gasteiger partial charge in [0.15, 0.2) is 0 Å². The number of hydrogen-bond donors (Lipinski definition) is 2. The summed E-state index contributed by atoms with van der Waals surface area (Å²) < 4.78 is 22.3. The van der Waals surface area contributed by atoms with Crippen LogP contribution in [-0.4, -0.2) is 70.8 Å². The van der Waals surface area contributed by atoms with Gasteiger partial charge in [-0.2, -0.15) is 0 Å². The Morgan fingerprint density at radius 2 is 1.18 bits per heavy atom. The topological polar surface area (TPSA) is 117 Å². The number of nitrogens with zero attached hydrogens (tertiary/aromatic N) is 1. The van der Waals surface area contributed by atoms with Crippen LogP contribution in [0.4, 0.5) is 0 Å². The van der Waals surface area contributed by atoms with E-state index in [2.05, 4.69) is 10.6 Å². The molecule has 1 aromatic carbocycles. The molecule has 10 heteroatoms. The second kappa shape index (κ2) is 24.5. The van der Waals surface area contributed by atoms with Crippen molar-refractivity contribution in [3.05, 3.63) is 35.4 Å². The van der Waals surface area contributed by atoms with Crippen molar-refractivity contribution in [1.29, 1.82) is 0 Å². The van der Waals surface area contributed by atoms with Crippen LogP contribution < -0.4 is 15.5 Å². The summed E-state index contributed by atoms with van der Waals surface area (Å²) in [6, 6.07) is 7.81. The lowest BCUT2D eigenvalue weighted by Gasteiger charge is -2.27. The largest absolute Gasteiger partial charge is 0.756 e. The van der Waals surface area contributed by atoms with Gasteiger partial charge in [-0.05, 0) is 37.0 Å². The molecule has 1 rings (SSSR count). The predicted molar refractivity (Wildman–Crippen MR) is 177 cm³/mol. The van der Waals surface area contributed by atoms with Crippen LogP contribution in [0.5, 0.6) is 0 Å². The van der Waals surface area contributed by atoms with Crippen molar-refractivity contribution >= 4 is 19.6 Å². The number of nitrogens with one attached hydrogen (secondary N) is 2. The number of phosphoric acid groups is 1. The number of phosphoric ester groups is 1. The number of rotatable bonds is 28. The van der Waals surface area contributed by atoms with Crippen molar-refractivity contribution in [3.63, 3.8) is 0 Å². The maximum absolute atomic E-state index is 12.2. The summed E-state index contributed by atoms with van der Waals surface area (Å²) in [7, 11) is 3.39. The molecule has 0 aliphatic carbocycles. The Bertz CT molecular complexity index is 936. The summed E-state index contributed by atoms with van der Waals surface area (Å²) in [5, 5.41) is 5.32. The zero-order valence-electron chi connectivity index (χ0n) is 28.2. The summed E-state index contributed by atoms with van der Waals surface area (Å²) in [5.74, 6) is -0.218. The Hall–Kier alpha value is -1.77. The normalized spacial score (nSPS) is 13.0. The smallest absolute Gasteiger partial charge is 0.268 e. The summed E-state index contributed by atoms with van der Waals surface area (Å²) in [6.45, 7) is 1.32. The van der Waals surface area contributed by atoms with Gasteiger partial charge >= 0.3 is 0 Å². The van der Waals surface area contributed by atoms with Gasteiger partial charge in [-0.3, -0.25) is 14.2 Å². The first kappa shape index (κ1) is 40.3. The first-order valence-corrected chi connectivity index (χ1v) is 18.5. The van der Waals surface area contributed by atoms with Gasteiger partial charge in [-0.1, -0.05) is 102 Å². The third-order valence-electron chi connectivity index (χ3n) is 7.75. The second-order valence-corrected chi connectivity index (χ2v) is 14.3. The second-order valence-electron chi connectivity index (χ2n) is 12.9. The maximum Gasteiger partial charge on any atom is 0.268 e. The molecule has 0 spiro atoms. The number of aryl methyl sites for hydroxylation is 1. The predicted octanol–water partition coefficient (Wildman–Crippen LogP) is 6.54. The van der Waals surface area contributed by atoms with Crippen molar-refractivity contribution in [3.8, 4) is 0 Å². The third kappa shape index (κ3) is 23.6. The molecule has 0 radical (unpaired) electrons. The summed E-state index contributed by atoms with van der Waals surface area (Å²) in [5.41, 5.74) is 1.90. The molecule has 0 aliphatic heterocycles. The van der Waals surface area contributed by atoms with Gasteiger partial charge in [0, 0.05) is 25.6 Å². The fourth-order valence-corrected chi connectivity index (χ4v) is 5.62. The highest BCUT2D eigenvalue weighted by molar-refractivity contribution is 7.45. The van der Waals surface area contributed by atoms with E-state index in [1.54, 1.807) is 7.05 Å². The molecule has 44 heavy (non-hydrogen) atoms. The third-order valence-corrected chi connectivity index (χ3v) is 8.75. The van der Waals surface area contributed by atoms with E-state index >= 15 is 0 Å². The van der Waals surface area contributed by atoms with Crippen molar-refractivity contribution in [2.24, 2.45) is 0 Å². The lowest BCUT2D eigenvalue weighted by Crippen LogP contribution is -2.37. The zero-order valence-corrected chi connectivity index (χ0v) is 29.1. The van der Waals surface area contributed by atoms with Gasteiger partial charge < -0.3 is 29.1 Å². The zero-order chi connectivity index (χ0) is 32.5. The van der Waals surface area contributed by atoms with Gasteiger partial charge in [0.05, 0.1) is 27.7 Å². The van der Waals surface area contributed by atoms with Crippen molar-refractivity contribution in [1.82, 2.24) is 10.6 Å². The van der Waals surface area contributed by atoms with Crippen LogP contribution in [0.3, 0.4) is 0 Å². The van der Waals surface area contributed by atoms with Crippen molar-refractivity contribution < 1.29 is 32.6 Å². The number of quaternary nitrogens is 1. The number of unbranched alkanes of at least 4 members (excludes halogenated alkanes) is 15. The Morgan fingerprint density at radius 3 is 1.66 bits per heavy atom. The molecule has 0 saturated carbocycles. The van der Waals surface area contributed by atoms with E-state index in [9.17, 15) is 19.0 Å². The highest BCUT2D eigenvalue weighted by Crippen LogP contribution is 2.38. The number of hydrogen-bond acceptors (Lipinski definition) is 6. The number of carbonyl (C=O) groups is 2. The lowest BCUT2D eigenvalue weighted by molar-refractivity contribution is -0.870. The molecular formula is C34H62N3O6P. The summed E-state index contributed by atoms with van der Waals surface area (Å²) in [6.07, 6.45) is 21.0. The van der Waals surface area contributed by atoms with E-state index in [0.29, 0.717) is 23.1 Å².